The Labute approximate surface area is 112 Å². The van der Waals surface area contributed by atoms with E-state index in [4.69, 9.17) is 10.5 Å². The molecule has 18 heavy (non-hydrogen) atoms. The summed E-state index contributed by atoms with van der Waals surface area (Å²) in [6.07, 6.45) is 2.02. The van der Waals surface area contributed by atoms with Gasteiger partial charge in [-0.25, -0.2) is 0 Å². The number of methoxy groups -OCH3 is 1. The predicted octanol–water partition coefficient (Wildman–Crippen LogP) is 2.15. The highest BCUT2D eigenvalue weighted by molar-refractivity contribution is 7.99. The predicted molar refractivity (Wildman–Crippen MR) is 77.3 cm³/mol. The Hall–Kier alpha value is -1.36. The normalized spacial score (nSPS) is 11.1. The Kier molecular flexibility index (Phi) is 4.90. The first-order valence-electron chi connectivity index (χ1n) is 5.66. The third kappa shape index (κ3) is 3.84. The van der Waals surface area contributed by atoms with Crippen molar-refractivity contribution in [2.45, 2.75) is 18.6 Å². The zero-order valence-electron chi connectivity index (χ0n) is 11.2. The number of rotatable bonds is 5. The first-order valence-corrected chi connectivity index (χ1v) is 6.89. The molecule has 1 amide bonds. The van der Waals surface area contributed by atoms with Crippen LogP contribution in [0.3, 0.4) is 0 Å². The number of nitrogen functional groups attached to an aromatic ring is 1. The molecule has 1 aromatic rings. The molecule has 0 saturated carbocycles. The van der Waals surface area contributed by atoms with E-state index < -0.39 is 0 Å². The number of nitrogens with one attached hydrogen (secondary N) is 1. The number of hydrogen-bond donors (Lipinski definition) is 2. The van der Waals surface area contributed by atoms with E-state index >= 15 is 0 Å². The molecule has 1 aromatic carbocycles. The van der Waals surface area contributed by atoms with Gasteiger partial charge in [0.15, 0.2) is 0 Å². The summed E-state index contributed by atoms with van der Waals surface area (Å²) < 4.78 is 5.16. The van der Waals surface area contributed by atoms with Crippen LogP contribution in [0.2, 0.25) is 0 Å². The summed E-state index contributed by atoms with van der Waals surface area (Å²) in [7, 11) is 1.54. The molecule has 0 unspecified atom stereocenters. The van der Waals surface area contributed by atoms with E-state index in [1.165, 1.54) is 7.11 Å². The maximum Gasteiger partial charge on any atom is 0.255 e. The first-order chi connectivity index (χ1) is 8.39. The van der Waals surface area contributed by atoms with Crippen LogP contribution in [0, 0.1) is 0 Å². The molecule has 0 heterocycles. The largest absolute Gasteiger partial charge is 0.496 e. The number of carbonyl (C=O) groups is 1. The van der Waals surface area contributed by atoms with Crippen molar-refractivity contribution >= 4 is 23.4 Å². The van der Waals surface area contributed by atoms with Crippen molar-refractivity contribution in [3.05, 3.63) is 23.8 Å². The van der Waals surface area contributed by atoms with Gasteiger partial charge in [0.2, 0.25) is 0 Å². The quantitative estimate of drug-likeness (QED) is 0.803. The smallest absolute Gasteiger partial charge is 0.255 e. The van der Waals surface area contributed by atoms with Gasteiger partial charge in [-0.1, -0.05) is 0 Å². The third-order valence-corrected chi connectivity index (χ3v) is 3.94. The van der Waals surface area contributed by atoms with E-state index in [1.807, 2.05) is 6.26 Å². The lowest BCUT2D eigenvalue weighted by Gasteiger charge is -2.22. The molecule has 0 fully saturated rings. The molecular weight excluding hydrogens is 248 g/mol. The summed E-state index contributed by atoms with van der Waals surface area (Å²) in [5, 5.41) is 2.90. The van der Waals surface area contributed by atoms with E-state index in [2.05, 4.69) is 19.2 Å². The number of anilines is 1. The molecule has 0 aliphatic rings. The number of carbonyl (C=O) groups excluding carboxylic acids is 1. The van der Waals surface area contributed by atoms with Gasteiger partial charge in [0.1, 0.15) is 5.75 Å². The highest BCUT2D eigenvalue weighted by atomic mass is 32.2. The second kappa shape index (κ2) is 6.00. The van der Waals surface area contributed by atoms with Crippen LogP contribution >= 0.6 is 11.8 Å². The summed E-state index contributed by atoms with van der Waals surface area (Å²) in [6, 6.07) is 5.03. The Balaban J connectivity index is 2.81. The summed E-state index contributed by atoms with van der Waals surface area (Å²) in [5.41, 5.74) is 6.70. The zero-order chi connectivity index (χ0) is 13.8. The average Bonchev–Trinajstić information content (AvgIpc) is 2.36. The fourth-order valence-corrected chi connectivity index (χ4v) is 1.58. The molecule has 0 saturated heterocycles. The van der Waals surface area contributed by atoms with Gasteiger partial charge in [0.05, 0.1) is 12.7 Å². The van der Waals surface area contributed by atoms with Gasteiger partial charge >= 0.3 is 0 Å². The SMILES string of the molecule is COc1ccc(N)cc1C(=O)NCC(C)(C)SC. The summed E-state index contributed by atoms with van der Waals surface area (Å²) >= 11 is 1.71. The van der Waals surface area contributed by atoms with Crippen molar-refractivity contribution in [3.63, 3.8) is 0 Å². The molecule has 0 aliphatic heterocycles. The van der Waals surface area contributed by atoms with Crippen LogP contribution in [-0.4, -0.2) is 30.6 Å². The maximum atomic E-state index is 12.1. The average molecular weight is 268 g/mol. The van der Waals surface area contributed by atoms with Crippen molar-refractivity contribution in [1.29, 1.82) is 0 Å². The minimum absolute atomic E-state index is 0.00319. The van der Waals surface area contributed by atoms with Gasteiger partial charge in [-0.05, 0) is 38.3 Å². The van der Waals surface area contributed by atoms with Crippen LogP contribution in [0.1, 0.15) is 24.2 Å². The van der Waals surface area contributed by atoms with Crippen molar-refractivity contribution < 1.29 is 9.53 Å². The van der Waals surface area contributed by atoms with Crippen molar-refractivity contribution in [1.82, 2.24) is 5.32 Å². The molecule has 0 atom stereocenters. The molecule has 1 rings (SSSR count). The highest BCUT2D eigenvalue weighted by Crippen LogP contribution is 2.22. The van der Waals surface area contributed by atoms with Crippen LogP contribution in [-0.2, 0) is 0 Å². The standard InChI is InChI=1S/C13H20N2O2S/c1-13(2,18-4)8-15-12(16)10-7-9(14)5-6-11(10)17-3/h5-7H,8,14H2,1-4H3,(H,15,16). The Bertz CT molecular complexity index is 433. The van der Waals surface area contributed by atoms with E-state index in [-0.39, 0.29) is 10.7 Å². The molecule has 0 bridgehead atoms. The number of benzene rings is 1. The van der Waals surface area contributed by atoms with Crippen LogP contribution in [0.4, 0.5) is 5.69 Å². The van der Waals surface area contributed by atoms with Gasteiger partial charge in [-0.3, -0.25) is 4.79 Å². The summed E-state index contributed by atoms with van der Waals surface area (Å²) in [6.45, 7) is 4.74. The lowest BCUT2D eigenvalue weighted by atomic mass is 10.1. The Morgan fingerprint density at radius 3 is 2.72 bits per heavy atom. The molecule has 0 aliphatic carbocycles. The van der Waals surface area contributed by atoms with Gasteiger partial charge in [0, 0.05) is 17.0 Å². The third-order valence-electron chi connectivity index (χ3n) is 2.70. The zero-order valence-corrected chi connectivity index (χ0v) is 12.1. The fourth-order valence-electron chi connectivity index (χ4n) is 1.36. The van der Waals surface area contributed by atoms with Crippen LogP contribution < -0.4 is 15.8 Å². The van der Waals surface area contributed by atoms with Crippen LogP contribution in [0.5, 0.6) is 5.75 Å². The van der Waals surface area contributed by atoms with E-state index in [0.717, 1.165) is 0 Å². The molecule has 0 aromatic heterocycles. The molecular formula is C13H20N2O2S. The van der Waals surface area contributed by atoms with E-state index in [9.17, 15) is 4.79 Å². The van der Waals surface area contributed by atoms with Gasteiger partial charge < -0.3 is 15.8 Å². The molecule has 0 radical (unpaired) electrons. The minimum Gasteiger partial charge on any atom is -0.496 e. The topological polar surface area (TPSA) is 64.3 Å². The number of hydrogen-bond acceptors (Lipinski definition) is 4. The first kappa shape index (κ1) is 14.7. The van der Waals surface area contributed by atoms with Crippen molar-refractivity contribution in [3.8, 4) is 5.75 Å². The van der Waals surface area contributed by atoms with Crippen LogP contribution in [0.25, 0.3) is 0 Å². The maximum absolute atomic E-state index is 12.1. The van der Waals surface area contributed by atoms with Gasteiger partial charge in [-0.2, -0.15) is 11.8 Å². The molecule has 3 N–H and O–H groups in total. The summed E-state index contributed by atoms with van der Waals surface area (Å²) in [5.74, 6) is 0.366. The van der Waals surface area contributed by atoms with Gasteiger partial charge in [0.25, 0.3) is 5.91 Å². The highest BCUT2D eigenvalue weighted by Gasteiger charge is 2.19. The van der Waals surface area contributed by atoms with Crippen molar-refractivity contribution in [2.24, 2.45) is 0 Å². The number of thioether (sulfide) groups is 1. The molecule has 100 valence electrons. The van der Waals surface area contributed by atoms with E-state index in [1.54, 1.807) is 30.0 Å². The second-order valence-corrected chi connectivity index (χ2v) is 6.12. The number of ether oxygens (including phenoxy) is 1. The molecule has 5 heteroatoms. The fraction of sp³-hybridized carbons (Fsp3) is 0.462. The van der Waals surface area contributed by atoms with Gasteiger partial charge in [-0.15, -0.1) is 0 Å². The van der Waals surface area contributed by atoms with E-state index in [0.29, 0.717) is 23.5 Å². The van der Waals surface area contributed by atoms with Crippen LogP contribution in [0.15, 0.2) is 18.2 Å². The Morgan fingerprint density at radius 2 is 2.17 bits per heavy atom. The minimum atomic E-state index is -0.165. The monoisotopic (exact) mass is 268 g/mol. The lowest BCUT2D eigenvalue weighted by molar-refractivity contribution is 0.0948. The molecule has 0 spiro atoms. The number of nitrogens with two attached hydrogens (primary N) is 1. The number of amides is 1. The lowest BCUT2D eigenvalue weighted by Crippen LogP contribution is -2.36. The molecule has 4 nitrogen and oxygen atoms in total. The second-order valence-electron chi connectivity index (χ2n) is 4.61. The Morgan fingerprint density at radius 1 is 1.50 bits per heavy atom. The van der Waals surface area contributed by atoms with Crippen molar-refractivity contribution in [2.75, 3.05) is 25.6 Å². The summed E-state index contributed by atoms with van der Waals surface area (Å²) in [4.78, 5) is 12.1.